The quantitative estimate of drug-likeness (QED) is 0.467. The fourth-order valence-electron chi connectivity index (χ4n) is 3.58. The van der Waals surface area contributed by atoms with Crippen LogP contribution in [0.4, 0.5) is 11.4 Å². The van der Waals surface area contributed by atoms with E-state index in [9.17, 15) is 9.59 Å². The number of hydrogen-bond acceptors (Lipinski definition) is 4. The first kappa shape index (κ1) is 21.9. The Labute approximate surface area is 196 Å². The van der Waals surface area contributed by atoms with E-state index in [0.717, 1.165) is 10.5 Å². The highest BCUT2D eigenvalue weighted by molar-refractivity contribution is 6.46. The van der Waals surface area contributed by atoms with Gasteiger partial charge in [-0.3, -0.25) is 9.59 Å². The standard InChI is InChI=1S/C25H20Cl2N2O3/c1-14-7-9-16(10-8-14)22-23(28-17-11-12-21(32-3)19(27)13-17)25(31)29(24(22)30)20-6-4-5-18(26)15(20)2/h4-13,28H,1-3H3. The van der Waals surface area contributed by atoms with E-state index in [1.165, 1.54) is 7.11 Å². The molecular formula is C25H20Cl2N2O3. The number of amides is 2. The molecule has 0 atom stereocenters. The van der Waals surface area contributed by atoms with Crippen molar-refractivity contribution in [3.63, 3.8) is 0 Å². The molecule has 3 aromatic carbocycles. The number of rotatable bonds is 5. The molecule has 7 heteroatoms. The molecule has 0 saturated heterocycles. The minimum Gasteiger partial charge on any atom is -0.495 e. The van der Waals surface area contributed by atoms with Gasteiger partial charge in [0.15, 0.2) is 0 Å². The summed E-state index contributed by atoms with van der Waals surface area (Å²) in [4.78, 5) is 28.2. The van der Waals surface area contributed by atoms with E-state index in [2.05, 4.69) is 5.32 Å². The van der Waals surface area contributed by atoms with Gasteiger partial charge in [-0.15, -0.1) is 0 Å². The molecule has 1 aliphatic heterocycles. The summed E-state index contributed by atoms with van der Waals surface area (Å²) < 4.78 is 5.20. The van der Waals surface area contributed by atoms with Crippen LogP contribution in [-0.4, -0.2) is 18.9 Å². The fraction of sp³-hybridized carbons (Fsp3) is 0.120. The molecule has 0 unspecified atom stereocenters. The highest BCUT2D eigenvalue weighted by atomic mass is 35.5. The number of aryl methyl sites for hydroxylation is 1. The molecule has 4 rings (SSSR count). The Morgan fingerprint density at radius 3 is 2.25 bits per heavy atom. The van der Waals surface area contributed by atoms with Crippen LogP contribution in [0.5, 0.6) is 5.75 Å². The summed E-state index contributed by atoms with van der Waals surface area (Å²) in [6.07, 6.45) is 0. The number of anilines is 2. The summed E-state index contributed by atoms with van der Waals surface area (Å²) in [6, 6.07) is 17.7. The molecular weight excluding hydrogens is 447 g/mol. The Morgan fingerprint density at radius 2 is 1.59 bits per heavy atom. The Bertz CT molecular complexity index is 1270. The number of nitrogens with zero attached hydrogens (tertiary/aromatic N) is 1. The molecule has 1 heterocycles. The van der Waals surface area contributed by atoms with Gasteiger partial charge < -0.3 is 10.1 Å². The van der Waals surface area contributed by atoms with Crippen LogP contribution in [-0.2, 0) is 9.59 Å². The second-order valence-corrected chi connectivity index (χ2v) is 8.23. The SMILES string of the molecule is COc1ccc(NC2=C(c3ccc(C)cc3)C(=O)N(c3cccc(Cl)c3C)C2=O)cc1Cl. The minimum absolute atomic E-state index is 0.166. The topological polar surface area (TPSA) is 58.6 Å². The van der Waals surface area contributed by atoms with Gasteiger partial charge in [0.2, 0.25) is 0 Å². The first-order chi connectivity index (χ1) is 15.3. The molecule has 0 radical (unpaired) electrons. The maximum Gasteiger partial charge on any atom is 0.282 e. The van der Waals surface area contributed by atoms with Crippen LogP contribution in [0.1, 0.15) is 16.7 Å². The molecule has 2 amide bonds. The van der Waals surface area contributed by atoms with Crippen molar-refractivity contribution < 1.29 is 14.3 Å². The fourth-order valence-corrected chi connectivity index (χ4v) is 4.01. The summed E-state index contributed by atoms with van der Waals surface area (Å²) in [6.45, 7) is 3.73. The maximum atomic E-state index is 13.6. The van der Waals surface area contributed by atoms with E-state index in [1.54, 1.807) is 43.3 Å². The molecule has 0 aromatic heterocycles. The van der Waals surface area contributed by atoms with E-state index in [-0.39, 0.29) is 11.3 Å². The van der Waals surface area contributed by atoms with Gasteiger partial charge in [0.05, 0.1) is 23.4 Å². The van der Waals surface area contributed by atoms with Gasteiger partial charge in [-0.2, -0.15) is 0 Å². The number of nitrogens with one attached hydrogen (secondary N) is 1. The third kappa shape index (κ3) is 3.85. The van der Waals surface area contributed by atoms with Gasteiger partial charge in [-0.1, -0.05) is 59.1 Å². The normalized spacial score (nSPS) is 13.7. The van der Waals surface area contributed by atoms with Crippen LogP contribution in [0.2, 0.25) is 10.0 Å². The van der Waals surface area contributed by atoms with Crippen LogP contribution in [0, 0.1) is 13.8 Å². The second kappa shape index (κ2) is 8.69. The highest BCUT2D eigenvalue weighted by Crippen LogP contribution is 2.37. The lowest BCUT2D eigenvalue weighted by Gasteiger charge is -2.18. The Hall–Kier alpha value is -3.28. The van der Waals surface area contributed by atoms with Gasteiger partial charge in [0.1, 0.15) is 11.4 Å². The van der Waals surface area contributed by atoms with Crippen molar-refractivity contribution >= 4 is 52.0 Å². The molecule has 0 bridgehead atoms. The average Bonchev–Trinajstić information content (AvgIpc) is 3.00. The number of carbonyl (C=O) groups is 2. The van der Waals surface area contributed by atoms with Crippen molar-refractivity contribution in [2.75, 3.05) is 17.3 Å². The molecule has 0 aliphatic carbocycles. The molecule has 0 spiro atoms. The van der Waals surface area contributed by atoms with E-state index < -0.39 is 11.8 Å². The van der Waals surface area contributed by atoms with Crippen molar-refractivity contribution in [3.05, 3.63) is 93.1 Å². The van der Waals surface area contributed by atoms with E-state index in [4.69, 9.17) is 27.9 Å². The smallest absolute Gasteiger partial charge is 0.282 e. The van der Waals surface area contributed by atoms with Gasteiger partial charge in [0.25, 0.3) is 11.8 Å². The van der Waals surface area contributed by atoms with E-state index in [1.807, 2.05) is 31.2 Å². The van der Waals surface area contributed by atoms with Crippen molar-refractivity contribution in [2.45, 2.75) is 13.8 Å². The molecule has 0 fully saturated rings. The average molecular weight is 467 g/mol. The van der Waals surface area contributed by atoms with Crippen molar-refractivity contribution in [1.82, 2.24) is 0 Å². The van der Waals surface area contributed by atoms with Gasteiger partial charge in [0, 0.05) is 10.7 Å². The number of halogens is 2. The van der Waals surface area contributed by atoms with E-state index >= 15 is 0 Å². The van der Waals surface area contributed by atoms with Crippen LogP contribution in [0.3, 0.4) is 0 Å². The summed E-state index contributed by atoms with van der Waals surface area (Å²) in [7, 11) is 1.52. The third-order valence-electron chi connectivity index (χ3n) is 5.33. The number of benzene rings is 3. The number of carbonyl (C=O) groups excluding carboxylic acids is 2. The molecule has 5 nitrogen and oxygen atoms in total. The zero-order chi connectivity index (χ0) is 23.0. The number of ether oxygens (including phenoxy) is 1. The first-order valence-electron chi connectivity index (χ1n) is 9.87. The number of imide groups is 1. The number of methoxy groups -OCH3 is 1. The van der Waals surface area contributed by atoms with Gasteiger partial charge >= 0.3 is 0 Å². The van der Waals surface area contributed by atoms with Crippen LogP contribution in [0.15, 0.2) is 66.4 Å². The summed E-state index contributed by atoms with van der Waals surface area (Å²) >= 11 is 12.5. The second-order valence-electron chi connectivity index (χ2n) is 7.42. The Balaban J connectivity index is 1.84. The number of hydrogen-bond donors (Lipinski definition) is 1. The lowest BCUT2D eigenvalue weighted by molar-refractivity contribution is -0.120. The van der Waals surface area contributed by atoms with Crippen LogP contribution in [0.25, 0.3) is 5.57 Å². The Morgan fingerprint density at radius 1 is 0.875 bits per heavy atom. The maximum absolute atomic E-state index is 13.6. The zero-order valence-corrected chi connectivity index (χ0v) is 19.2. The van der Waals surface area contributed by atoms with Crippen LogP contribution < -0.4 is 15.0 Å². The van der Waals surface area contributed by atoms with Crippen molar-refractivity contribution in [1.29, 1.82) is 0 Å². The predicted octanol–water partition coefficient (Wildman–Crippen LogP) is 6.02. The Kier molecular flexibility index (Phi) is 5.96. The lowest BCUT2D eigenvalue weighted by atomic mass is 10.0. The predicted molar refractivity (Wildman–Crippen MR) is 128 cm³/mol. The highest BCUT2D eigenvalue weighted by Gasteiger charge is 2.41. The summed E-state index contributed by atoms with van der Waals surface area (Å²) in [5.74, 6) is -0.385. The summed E-state index contributed by atoms with van der Waals surface area (Å²) in [5.41, 5.74) is 3.78. The molecule has 32 heavy (non-hydrogen) atoms. The molecule has 162 valence electrons. The molecule has 3 aromatic rings. The molecule has 0 saturated carbocycles. The van der Waals surface area contributed by atoms with Gasteiger partial charge in [-0.05, 0) is 55.3 Å². The minimum atomic E-state index is -0.470. The third-order valence-corrected chi connectivity index (χ3v) is 6.03. The monoisotopic (exact) mass is 466 g/mol. The largest absolute Gasteiger partial charge is 0.495 e. The lowest BCUT2D eigenvalue weighted by Crippen LogP contribution is -2.33. The summed E-state index contributed by atoms with van der Waals surface area (Å²) in [5, 5.41) is 3.96. The van der Waals surface area contributed by atoms with E-state index in [0.29, 0.717) is 38.3 Å². The zero-order valence-electron chi connectivity index (χ0n) is 17.7. The van der Waals surface area contributed by atoms with Crippen LogP contribution >= 0.6 is 23.2 Å². The van der Waals surface area contributed by atoms with Crippen molar-refractivity contribution in [3.8, 4) is 5.75 Å². The van der Waals surface area contributed by atoms with Gasteiger partial charge in [-0.25, -0.2) is 4.90 Å². The first-order valence-corrected chi connectivity index (χ1v) is 10.6. The molecule has 1 aliphatic rings. The van der Waals surface area contributed by atoms with Crippen molar-refractivity contribution in [2.24, 2.45) is 0 Å². The molecule has 1 N–H and O–H groups in total.